The van der Waals surface area contributed by atoms with Gasteiger partial charge in [0.25, 0.3) is 0 Å². The van der Waals surface area contributed by atoms with E-state index in [0.717, 1.165) is 35.7 Å². The topological polar surface area (TPSA) is 28.2 Å². The minimum Gasteiger partial charge on any atom is -0.314 e. The van der Waals surface area contributed by atoms with Gasteiger partial charge in [0.05, 0.1) is 0 Å². The predicted molar refractivity (Wildman–Crippen MR) is 89.4 cm³/mol. The number of hydrogen-bond acceptors (Lipinski definition) is 3. The molecule has 1 unspecified atom stereocenters. The van der Waals surface area contributed by atoms with E-state index in [-0.39, 0.29) is 0 Å². The molecule has 0 spiro atoms. The first-order chi connectivity index (χ1) is 10.2. The molecule has 0 radical (unpaired) electrons. The normalized spacial score (nSPS) is 19.6. The van der Waals surface area contributed by atoms with Crippen molar-refractivity contribution in [2.45, 2.75) is 12.6 Å². The van der Waals surface area contributed by atoms with Gasteiger partial charge in [-0.1, -0.05) is 27.5 Å². The minimum absolute atomic E-state index is 0.368. The van der Waals surface area contributed by atoms with Crippen molar-refractivity contribution in [3.8, 4) is 0 Å². The van der Waals surface area contributed by atoms with Crippen molar-refractivity contribution in [1.29, 1.82) is 0 Å². The smallest absolute Gasteiger partial charge is 0.0477 e. The van der Waals surface area contributed by atoms with Crippen LogP contribution in [0.3, 0.4) is 0 Å². The highest BCUT2D eigenvalue weighted by Gasteiger charge is 2.24. The Bertz CT molecular complexity index is 606. The summed E-state index contributed by atoms with van der Waals surface area (Å²) in [7, 11) is 0. The zero-order chi connectivity index (χ0) is 14.7. The van der Waals surface area contributed by atoms with Gasteiger partial charge in [-0.25, -0.2) is 0 Å². The van der Waals surface area contributed by atoms with Crippen LogP contribution in [-0.2, 0) is 6.54 Å². The number of nitrogens with one attached hydrogen (secondary N) is 1. The fourth-order valence-electron chi connectivity index (χ4n) is 2.73. The molecule has 1 aromatic carbocycles. The first kappa shape index (κ1) is 15.0. The summed E-state index contributed by atoms with van der Waals surface area (Å²) >= 11 is 9.75. The van der Waals surface area contributed by atoms with Gasteiger partial charge in [0.2, 0.25) is 0 Å². The van der Waals surface area contributed by atoms with Crippen LogP contribution in [0.25, 0.3) is 0 Å². The van der Waals surface area contributed by atoms with Crippen LogP contribution in [0.4, 0.5) is 0 Å². The Balaban J connectivity index is 1.83. The van der Waals surface area contributed by atoms with Crippen molar-refractivity contribution in [2.75, 3.05) is 19.6 Å². The molecule has 1 atom stereocenters. The third kappa shape index (κ3) is 3.64. The molecule has 2 heterocycles. The standard InChI is InChI=1S/C16H17BrClN3/c17-15-2-1-14(18)9-13(15)11-21-8-7-20-10-16(21)12-3-5-19-6-4-12/h1-6,9,16,20H,7-8,10-11H2. The molecule has 1 aromatic heterocycles. The van der Waals surface area contributed by atoms with E-state index in [0.29, 0.717) is 6.04 Å². The van der Waals surface area contributed by atoms with E-state index in [9.17, 15) is 0 Å². The Kier molecular flexibility index (Phi) is 4.91. The average Bonchev–Trinajstić information content (AvgIpc) is 2.52. The highest BCUT2D eigenvalue weighted by atomic mass is 79.9. The first-order valence-corrected chi connectivity index (χ1v) is 8.20. The zero-order valence-corrected chi connectivity index (χ0v) is 13.9. The third-order valence-corrected chi connectivity index (χ3v) is 4.84. The molecule has 110 valence electrons. The van der Waals surface area contributed by atoms with E-state index in [4.69, 9.17) is 11.6 Å². The molecule has 2 aromatic rings. The average molecular weight is 367 g/mol. The molecule has 0 aliphatic carbocycles. The van der Waals surface area contributed by atoms with Gasteiger partial charge in [-0.2, -0.15) is 0 Å². The number of pyridine rings is 1. The van der Waals surface area contributed by atoms with Crippen LogP contribution < -0.4 is 5.32 Å². The number of nitrogens with zero attached hydrogens (tertiary/aromatic N) is 2. The van der Waals surface area contributed by atoms with Crippen molar-refractivity contribution in [1.82, 2.24) is 15.2 Å². The lowest BCUT2D eigenvalue weighted by atomic mass is 10.0. The van der Waals surface area contributed by atoms with E-state index >= 15 is 0 Å². The van der Waals surface area contributed by atoms with Gasteiger partial charge in [-0.15, -0.1) is 0 Å². The summed E-state index contributed by atoms with van der Waals surface area (Å²) in [5.74, 6) is 0. The van der Waals surface area contributed by atoms with Gasteiger partial charge >= 0.3 is 0 Å². The molecule has 21 heavy (non-hydrogen) atoms. The Morgan fingerprint density at radius 3 is 2.90 bits per heavy atom. The Morgan fingerprint density at radius 2 is 2.10 bits per heavy atom. The van der Waals surface area contributed by atoms with Gasteiger partial charge in [-0.05, 0) is 41.5 Å². The van der Waals surface area contributed by atoms with Crippen LogP contribution in [0.1, 0.15) is 17.2 Å². The Labute approximate surface area is 138 Å². The second-order valence-electron chi connectivity index (χ2n) is 5.21. The van der Waals surface area contributed by atoms with Crippen molar-refractivity contribution in [3.63, 3.8) is 0 Å². The van der Waals surface area contributed by atoms with Crippen LogP contribution in [-0.4, -0.2) is 29.5 Å². The van der Waals surface area contributed by atoms with Gasteiger partial charge in [0.15, 0.2) is 0 Å². The molecule has 0 saturated carbocycles. The Morgan fingerprint density at radius 1 is 1.29 bits per heavy atom. The maximum absolute atomic E-state index is 6.13. The molecule has 0 amide bonds. The number of piperazine rings is 1. The molecule has 1 N–H and O–H groups in total. The van der Waals surface area contributed by atoms with Crippen LogP contribution in [0, 0.1) is 0 Å². The lowest BCUT2D eigenvalue weighted by molar-refractivity contribution is 0.153. The monoisotopic (exact) mass is 365 g/mol. The van der Waals surface area contributed by atoms with Gasteiger partial charge < -0.3 is 5.32 Å². The summed E-state index contributed by atoms with van der Waals surface area (Å²) < 4.78 is 1.11. The molecule has 5 heteroatoms. The number of halogens is 2. The number of hydrogen-bond donors (Lipinski definition) is 1. The summed E-state index contributed by atoms with van der Waals surface area (Å²) in [5.41, 5.74) is 2.53. The molecule has 1 saturated heterocycles. The van der Waals surface area contributed by atoms with Crippen molar-refractivity contribution >= 4 is 27.5 Å². The summed E-state index contributed by atoms with van der Waals surface area (Å²) in [6, 6.07) is 10.5. The van der Waals surface area contributed by atoms with Crippen LogP contribution >= 0.6 is 27.5 Å². The molecule has 1 aliphatic rings. The highest BCUT2D eigenvalue weighted by molar-refractivity contribution is 9.10. The van der Waals surface area contributed by atoms with Gasteiger partial charge in [0, 0.05) is 54.1 Å². The SMILES string of the molecule is Clc1ccc(Br)c(CN2CCNCC2c2ccncc2)c1. The molecular weight excluding hydrogens is 350 g/mol. The van der Waals surface area contributed by atoms with E-state index in [1.807, 2.05) is 30.6 Å². The fourth-order valence-corrected chi connectivity index (χ4v) is 3.30. The summed E-state index contributed by atoms with van der Waals surface area (Å²) in [6.07, 6.45) is 3.72. The number of rotatable bonds is 3. The third-order valence-electron chi connectivity index (χ3n) is 3.83. The highest BCUT2D eigenvalue weighted by Crippen LogP contribution is 2.28. The van der Waals surface area contributed by atoms with E-state index in [1.165, 1.54) is 11.1 Å². The van der Waals surface area contributed by atoms with Crippen molar-refractivity contribution in [3.05, 3.63) is 63.3 Å². The zero-order valence-electron chi connectivity index (χ0n) is 11.6. The van der Waals surface area contributed by atoms with Crippen LogP contribution in [0.15, 0.2) is 47.2 Å². The van der Waals surface area contributed by atoms with Crippen LogP contribution in [0.2, 0.25) is 5.02 Å². The van der Waals surface area contributed by atoms with E-state index < -0.39 is 0 Å². The minimum atomic E-state index is 0.368. The predicted octanol–water partition coefficient (Wildman–Crippen LogP) is 3.64. The second kappa shape index (κ2) is 6.88. The largest absolute Gasteiger partial charge is 0.314 e. The Hall–Kier alpha value is -0.940. The van der Waals surface area contributed by atoms with Crippen molar-refractivity contribution in [2.24, 2.45) is 0 Å². The summed E-state index contributed by atoms with van der Waals surface area (Å²) in [4.78, 5) is 6.60. The van der Waals surface area contributed by atoms with E-state index in [1.54, 1.807) is 0 Å². The molecule has 3 nitrogen and oxygen atoms in total. The van der Waals surface area contributed by atoms with Crippen LogP contribution in [0.5, 0.6) is 0 Å². The lowest BCUT2D eigenvalue weighted by Crippen LogP contribution is -2.45. The van der Waals surface area contributed by atoms with Crippen molar-refractivity contribution < 1.29 is 0 Å². The first-order valence-electron chi connectivity index (χ1n) is 7.02. The lowest BCUT2D eigenvalue weighted by Gasteiger charge is -2.36. The van der Waals surface area contributed by atoms with Gasteiger partial charge in [-0.3, -0.25) is 9.88 Å². The molecule has 1 fully saturated rings. The summed E-state index contributed by atoms with van der Waals surface area (Å²) in [6.45, 7) is 3.88. The molecule has 1 aliphatic heterocycles. The quantitative estimate of drug-likeness (QED) is 0.899. The number of aromatic nitrogens is 1. The molecule has 3 rings (SSSR count). The second-order valence-corrected chi connectivity index (χ2v) is 6.50. The number of benzene rings is 1. The molecular formula is C16H17BrClN3. The fraction of sp³-hybridized carbons (Fsp3) is 0.312. The maximum atomic E-state index is 6.13. The molecule has 0 bridgehead atoms. The van der Waals surface area contributed by atoms with E-state index in [2.05, 4.69) is 43.3 Å². The summed E-state index contributed by atoms with van der Waals surface area (Å²) in [5, 5.41) is 4.26. The maximum Gasteiger partial charge on any atom is 0.0477 e. The van der Waals surface area contributed by atoms with Gasteiger partial charge in [0.1, 0.15) is 0 Å².